The maximum atomic E-state index is 11.4. The Morgan fingerprint density at radius 2 is 1.94 bits per heavy atom. The van der Waals surface area contributed by atoms with Crippen molar-refractivity contribution in [2.24, 2.45) is 0 Å². The predicted molar refractivity (Wildman–Crippen MR) is 72.3 cm³/mol. The van der Waals surface area contributed by atoms with Crippen LogP contribution in [0.2, 0.25) is 0 Å². The Morgan fingerprint density at radius 1 is 1.33 bits per heavy atom. The van der Waals surface area contributed by atoms with Gasteiger partial charge in [0.1, 0.15) is 0 Å². The van der Waals surface area contributed by atoms with Gasteiger partial charge in [0, 0.05) is 0 Å². The predicted octanol–water partition coefficient (Wildman–Crippen LogP) is 4.58. The highest BCUT2D eigenvalue weighted by molar-refractivity contribution is 6.68. The topological polar surface area (TPSA) is 35.5 Å². The van der Waals surface area contributed by atoms with Crippen LogP contribution in [0.1, 0.15) is 24.2 Å². The molecule has 0 N–H and O–H groups in total. The van der Waals surface area contributed by atoms with Gasteiger partial charge in [-0.25, -0.2) is 4.79 Å². The van der Waals surface area contributed by atoms with Gasteiger partial charge in [-0.1, -0.05) is 59.1 Å². The highest BCUT2D eigenvalue weighted by Crippen LogP contribution is 2.43. The van der Waals surface area contributed by atoms with Crippen LogP contribution >= 0.6 is 34.8 Å². The zero-order valence-corrected chi connectivity index (χ0v) is 12.2. The lowest BCUT2D eigenvalue weighted by molar-refractivity contribution is 0.0266. The second-order valence-corrected chi connectivity index (χ2v) is 5.95. The fourth-order valence-electron chi connectivity index (χ4n) is 1.44. The number of benzene rings is 1. The second kappa shape index (κ2) is 6.50. The molecule has 100 valence electrons. The number of rotatable bonds is 3. The summed E-state index contributed by atoms with van der Waals surface area (Å²) in [7, 11) is 0. The molecule has 0 amide bonds. The quantitative estimate of drug-likeness (QED) is 0.605. The Kier molecular flexibility index (Phi) is 5.57. The monoisotopic (exact) mass is 310 g/mol. The number of carbonyl (C=O) groups is 1. The standard InChI is InChI=1S/C12H13Cl3O3/c1-3-17-11(16)18-10(12(13,14)15)9-7-5-4-6-8(9)2/h4-7,10H,3H2,1-2H3. The van der Waals surface area contributed by atoms with Gasteiger partial charge in [0.25, 0.3) is 0 Å². The van der Waals surface area contributed by atoms with Crippen LogP contribution in [-0.2, 0) is 9.47 Å². The molecular formula is C12H13Cl3O3. The minimum absolute atomic E-state index is 0.194. The molecule has 0 saturated carbocycles. The Morgan fingerprint density at radius 3 is 2.44 bits per heavy atom. The van der Waals surface area contributed by atoms with Gasteiger partial charge in [-0.15, -0.1) is 0 Å². The summed E-state index contributed by atoms with van der Waals surface area (Å²) >= 11 is 17.5. The van der Waals surface area contributed by atoms with Crippen LogP contribution in [0.3, 0.4) is 0 Å². The third-order valence-electron chi connectivity index (χ3n) is 2.24. The largest absolute Gasteiger partial charge is 0.509 e. The van der Waals surface area contributed by atoms with Gasteiger partial charge in [-0.2, -0.15) is 0 Å². The molecule has 0 heterocycles. The lowest BCUT2D eigenvalue weighted by Gasteiger charge is -2.25. The number of hydrogen-bond donors (Lipinski definition) is 0. The molecule has 3 nitrogen and oxygen atoms in total. The first-order valence-corrected chi connectivity index (χ1v) is 6.45. The van der Waals surface area contributed by atoms with Crippen molar-refractivity contribution < 1.29 is 14.3 Å². The van der Waals surface area contributed by atoms with Crippen molar-refractivity contribution >= 4 is 41.0 Å². The fraction of sp³-hybridized carbons (Fsp3) is 0.417. The molecule has 0 saturated heterocycles. The summed E-state index contributed by atoms with van der Waals surface area (Å²) in [6.45, 7) is 3.70. The number of alkyl halides is 3. The zero-order chi connectivity index (χ0) is 13.8. The highest BCUT2D eigenvalue weighted by Gasteiger charge is 2.38. The van der Waals surface area contributed by atoms with E-state index in [1.807, 2.05) is 19.1 Å². The summed E-state index contributed by atoms with van der Waals surface area (Å²) in [5.74, 6) is 0. The van der Waals surface area contributed by atoms with Gasteiger partial charge in [0.05, 0.1) is 6.61 Å². The van der Waals surface area contributed by atoms with Gasteiger partial charge in [0.2, 0.25) is 3.79 Å². The van der Waals surface area contributed by atoms with Crippen LogP contribution in [0.4, 0.5) is 4.79 Å². The first-order chi connectivity index (χ1) is 8.36. The molecule has 0 bridgehead atoms. The van der Waals surface area contributed by atoms with Crippen molar-refractivity contribution in [3.63, 3.8) is 0 Å². The zero-order valence-electron chi connectivity index (χ0n) is 9.95. The molecule has 1 atom stereocenters. The van der Waals surface area contributed by atoms with E-state index in [4.69, 9.17) is 44.3 Å². The molecule has 0 radical (unpaired) electrons. The van der Waals surface area contributed by atoms with E-state index in [2.05, 4.69) is 0 Å². The molecule has 0 aliphatic rings. The lowest BCUT2D eigenvalue weighted by Crippen LogP contribution is -2.24. The summed E-state index contributed by atoms with van der Waals surface area (Å²) in [5, 5.41) is 0. The maximum Gasteiger partial charge on any atom is 0.509 e. The van der Waals surface area contributed by atoms with Crippen molar-refractivity contribution in [2.45, 2.75) is 23.7 Å². The normalized spacial score (nSPS) is 12.9. The van der Waals surface area contributed by atoms with Crippen molar-refractivity contribution in [1.29, 1.82) is 0 Å². The number of aryl methyl sites for hydroxylation is 1. The average Bonchev–Trinajstić information content (AvgIpc) is 2.26. The van der Waals surface area contributed by atoms with Crippen molar-refractivity contribution in [1.82, 2.24) is 0 Å². The maximum absolute atomic E-state index is 11.4. The van der Waals surface area contributed by atoms with E-state index in [1.54, 1.807) is 19.1 Å². The van der Waals surface area contributed by atoms with E-state index < -0.39 is 16.1 Å². The lowest BCUT2D eigenvalue weighted by atomic mass is 10.0. The van der Waals surface area contributed by atoms with E-state index in [0.29, 0.717) is 5.56 Å². The van der Waals surface area contributed by atoms with E-state index in [1.165, 1.54) is 0 Å². The summed E-state index contributed by atoms with van der Waals surface area (Å²) in [4.78, 5) is 11.4. The molecule has 18 heavy (non-hydrogen) atoms. The minimum Gasteiger partial charge on any atom is -0.435 e. The summed E-state index contributed by atoms with van der Waals surface area (Å²) in [5.41, 5.74) is 1.49. The third-order valence-corrected chi connectivity index (χ3v) is 2.84. The van der Waals surface area contributed by atoms with Gasteiger partial charge in [-0.3, -0.25) is 0 Å². The Hall–Kier alpha value is -0.640. The summed E-state index contributed by atoms with van der Waals surface area (Å²) in [6.07, 6.45) is -1.88. The van der Waals surface area contributed by atoms with E-state index in [-0.39, 0.29) is 6.61 Å². The summed E-state index contributed by atoms with van der Waals surface area (Å²) < 4.78 is 7.99. The Labute approximate surface area is 121 Å². The van der Waals surface area contributed by atoms with Crippen molar-refractivity contribution in [3.05, 3.63) is 35.4 Å². The number of hydrogen-bond acceptors (Lipinski definition) is 3. The smallest absolute Gasteiger partial charge is 0.435 e. The van der Waals surface area contributed by atoms with Gasteiger partial charge < -0.3 is 9.47 Å². The number of halogens is 3. The average molecular weight is 312 g/mol. The first-order valence-electron chi connectivity index (χ1n) is 5.32. The van der Waals surface area contributed by atoms with Crippen LogP contribution in [0.15, 0.2) is 24.3 Å². The first kappa shape index (κ1) is 15.4. The number of ether oxygens (including phenoxy) is 2. The molecular weight excluding hydrogens is 298 g/mol. The van der Waals surface area contributed by atoms with Crippen molar-refractivity contribution in [3.8, 4) is 0 Å². The van der Waals surface area contributed by atoms with Crippen LogP contribution in [0, 0.1) is 6.92 Å². The molecule has 1 aromatic carbocycles. The van der Waals surface area contributed by atoms with Crippen molar-refractivity contribution in [2.75, 3.05) is 6.61 Å². The van der Waals surface area contributed by atoms with Gasteiger partial charge >= 0.3 is 6.16 Å². The van der Waals surface area contributed by atoms with Crippen LogP contribution in [-0.4, -0.2) is 16.6 Å². The van der Waals surface area contributed by atoms with E-state index in [9.17, 15) is 4.79 Å². The molecule has 0 spiro atoms. The molecule has 1 aromatic rings. The third kappa shape index (κ3) is 4.23. The molecule has 1 rings (SSSR count). The molecule has 6 heteroatoms. The van der Waals surface area contributed by atoms with E-state index in [0.717, 1.165) is 5.56 Å². The number of carbonyl (C=O) groups excluding carboxylic acids is 1. The van der Waals surface area contributed by atoms with Gasteiger partial charge in [-0.05, 0) is 25.0 Å². The molecule has 0 aliphatic heterocycles. The van der Waals surface area contributed by atoms with Gasteiger partial charge in [0.15, 0.2) is 6.10 Å². The Balaban J connectivity index is 3.00. The van der Waals surface area contributed by atoms with Crippen LogP contribution in [0.25, 0.3) is 0 Å². The van der Waals surface area contributed by atoms with E-state index >= 15 is 0 Å². The molecule has 0 aliphatic carbocycles. The molecule has 1 unspecified atom stereocenters. The molecule has 0 aromatic heterocycles. The summed E-state index contributed by atoms with van der Waals surface area (Å²) in [6, 6.07) is 7.20. The highest BCUT2D eigenvalue weighted by atomic mass is 35.6. The second-order valence-electron chi connectivity index (χ2n) is 3.58. The molecule has 0 fully saturated rings. The van der Waals surface area contributed by atoms with Crippen LogP contribution < -0.4 is 0 Å². The van der Waals surface area contributed by atoms with Crippen LogP contribution in [0.5, 0.6) is 0 Å². The SMILES string of the molecule is CCOC(=O)OC(c1ccccc1C)C(Cl)(Cl)Cl. The fourth-order valence-corrected chi connectivity index (χ4v) is 1.92. The Bertz CT molecular complexity index is 415. The minimum atomic E-state index is -1.77.